The molecule has 168 valence electrons. The molecule has 8 heteroatoms. The number of nitrogens with one attached hydrogen (secondary N) is 1. The molecule has 0 saturated heterocycles. The zero-order valence-corrected chi connectivity index (χ0v) is 19.5. The van der Waals surface area contributed by atoms with Crippen LogP contribution in [0.3, 0.4) is 0 Å². The smallest absolute Gasteiger partial charge is 0.248 e. The fourth-order valence-electron chi connectivity index (χ4n) is 3.09. The Morgan fingerprint density at radius 2 is 1.74 bits per heavy atom. The second-order valence-electron chi connectivity index (χ2n) is 6.75. The predicted molar refractivity (Wildman–Crippen MR) is 123 cm³/mol. The van der Waals surface area contributed by atoms with Crippen molar-refractivity contribution in [2.75, 3.05) is 32.1 Å². The Morgan fingerprint density at radius 3 is 2.35 bits per heavy atom. The molecule has 1 amide bonds. The third-order valence-electron chi connectivity index (χ3n) is 4.65. The first-order chi connectivity index (χ1) is 14.8. The Hall–Kier alpha value is -2.84. The second-order valence-corrected chi connectivity index (χ2v) is 8.69. The number of hydrogen-bond donors (Lipinski definition) is 1. The van der Waals surface area contributed by atoms with Crippen molar-refractivity contribution in [3.8, 4) is 11.5 Å². The third-order valence-corrected chi connectivity index (χ3v) is 6.70. The van der Waals surface area contributed by atoms with Crippen molar-refractivity contribution in [2.45, 2.75) is 32.6 Å². The summed E-state index contributed by atoms with van der Waals surface area (Å²) < 4.78 is 38.0. The van der Waals surface area contributed by atoms with E-state index in [9.17, 15) is 13.2 Å². The van der Waals surface area contributed by atoms with Crippen LogP contribution in [0, 0.1) is 6.92 Å². The van der Waals surface area contributed by atoms with Crippen molar-refractivity contribution >= 4 is 27.7 Å². The standard InChI is InChI=1S/C23H30N2O5S/c1-6-25(7-2)31(27,28)19-11-13-22(30-8-3)20(16-19)24-23(26)14-10-18-15-17(4)9-12-21(18)29-5/h9-16H,6-8H2,1-5H3,(H,24,26)/b14-10+. The normalized spacial score (nSPS) is 11.7. The number of sulfonamides is 1. The number of rotatable bonds is 10. The van der Waals surface area contributed by atoms with Crippen LogP contribution in [0.2, 0.25) is 0 Å². The van der Waals surface area contributed by atoms with E-state index >= 15 is 0 Å². The molecule has 0 unspecified atom stereocenters. The minimum atomic E-state index is -3.67. The lowest BCUT2D eigenvalue weighted by molar-refractivity contribution is -0.111. The summed E-state index contributed by atoms with van der Waals surface area (Å²) in [5.74, 6) is 0.634. The third kappa shape index (κ3) is 6.08. The van der Waals surface area contributed by atoms with Gasteiger partial charge in [0.25, 0.3) is 0 Å². The SMILES string of the molecule is CCOc1ccc(S(=O)(=O)N(CC)CC)cc1NC(=O)/C=C/c1cc(C)ccc1OC. The van der Waals surface area contributed by atoms with E-state index < -0.39 is 15.9 Å². The number of carbonyl (C=O) groups excluding carboxylic acids is 1. The summed E-state index contributed by atoms with van der Waals surface area (Å²) in [6, 6.07) is 10.1. The fourth-order valence-corrected chi connectivity index (χ4v) is 4.57. The van der Waals surface area contributed by atoms with Crippen LogP contribution in [0.1, 0.15) is 31.9 Å². The lowest BCUT2D eigenvalue weighted by Crippen LogP contribution is -2.30. The van der Waals surface area contributed by atoms with Crippen LogP contribution in [0.5, 0.6) is 11.5 Å². The van der Waals surface area contributed by atoms with Crippen LogP contribution in [0.15, 0.2) is 47.4 Å². The van der Waals surface area contributed by atoms with Crippen molar-refractivity contribution in [1.29, 1.82) is 0 Å². The lowest BCUT2D eigenvalue weighted by Gasteiger charge is -2.19. The summed E-state index contributed by atoms with van der Waals surface area (Å²) in [7, 11) is -2.10. The lowest BCUT2D eigenvalue weighted by atomic mass is 10.1. The van der Waals surface area contributed by atoms with Gasteiger partial charge in [0.2, 0.25) is 15.9 Å². The van der Waals surface area contributed by atoms with Gasteiger partial charge < -0.3 is 14.8 Å². The summed E-state index contributed by atoms with van der Waals surface area (Å²) in [4.78, 5) is 12.7. The van der Waals surface area contributed by atoms with E-state index in [1.54, 1.807) is 33.1 Å². The molecule has 31 heavy (non-hydrogen) atoms. The fraction of sp³-hybridized carbons (Fsp3) is 0.348. The summed E-state index contributed by atoms with van der Waals surface area (Å²) >= 11 is 0. The van der Waals surface area contributed by atoms with Gasteiger partial charge in [0.15, 0.2) is 0 Å². The van der Waals surface area contributed by atoms with Gasteiger partial charge >= 0.3 is 0 Å². The predicted octanol–water partition coefficient (Wildman–Crippen LogP) is 4.08. The first-order valence-electron chi connectivity index (χ1n) is 10.2. The Labute approximate surface area is 184 Å². The van der Waals surface area contributed by atoms with Gasteiger partial charge in [-0.25, -0.2) is 8.42 Å². The highest BCUT2D eigenvalue weighted by atomic mass is 32.2. The van der Waals surface area contributed by atoms with Crippen molar-refractivity contribution in [3.63, 3.8) is 0 Å². The van der Waals surface area contributed by atoms with E-state index in [-0.39, 0.29) is 4.90 Å². The average molecular weight is 447 g/mol. The molecule has 1 N–H and O–H groups in total. The summed E-state index contributed by atoms with van der Waals surface area (Å²) in [5.41, 5.74) is 2.09. The van der Waals surface area contributed by atoms with Gasteiger partial charge in [0, 0.05) is 24.7 Å². The molecule has 0 heterocycles. The maximum Gasteiger partial charge on any atom is 0.248 e. The molecular formula is C23H30N2O5S. The van der Waals surface area contributed by atoms with Crippen LogP contribution >= 0.6 is 0 Å². The Bertz CT molecular complexity index is 1040. The molecule has 0 aliphatic rings. The molecule has 0 aromatic heterocycles. The van der Waals surface area contributed by atoms with Gasteiger partial charge in [-0.3, -0.25) is 4.79 Å². The van der Waals surface area contributed by atoms with Gasteiger partial charge in [-0.2, -0.15) is 4.31 Å². The second kappa shape index (κ2) is 11.0. The van der Waals surface area contributed by atoms with E-state index in [0.717, 1.165) is 11.1 Å². The summed E-state index contributed by atoms with van der Waals surface area (Å²) in [6.45, 7) is 8.42. The number of nitrogens with zero attached hydrogens (tertiary/aromatic N) is 1. The molecule has 0 aliphatic carbocycles. The highest BCUT2D eigenvalue weighted by Crippen LogP contribution is 2.29. The number of aryl methyl sites for hydroxylation is 1. The number of carbonyl (C=O) groups is 1. The summed E-state index contributed by atoms with van der Waals surface area (Å²) in [5, 5.41) is 2.73. The van der Waals surface area contributed by atoms with Crippen molar-refractivity contribution in [3.05, 3.63) is 53.6 Å². The number of hydrogen-bond acceptors (Lipinski definition) is 5. The van der Waals surface area contributed by atoms with Gasteiger partial charge in [0.1, 0.15) is 11.5 Å². The molecule has 0 saturated carbocycles. The van der Waals surface area contributed by atoms with Crippen LogP contribution in [0.25, 0.3) is 6.08 Å². The average Bonchev–Trinajstić information content (AvgIpc) is 2.74. The topological polar surface area (TPSA) is 84.9 Å². The van der Waals surface area contributed by atoms with E-state index in [1.165, 1.54) is 22.5 Å². The van der Waals surface area contributed by atoms with E-state index in [0.29, 0.717) is 36.9 Å². The van der Waals surface area contributed by atoms with Crippen molar-refractivity contribution in [1.82, 2.24) is 4.31 Å². The molecule has 0 spiro atoms. The summed E-state index contributed by atoms with van der Waals surface area (Å²) in [6.07, 6.45) is 3.02. The van der Waals surface area contributed by atoms with Crippen molar-refractivity contribution < 1.29 is 22.7 Å². The van der Waals surface area contributed by atoms with Gasteiger partial charge in [-0.1, -0.05) is 25.5 Å². The highest BCUT2D eigenvalue weighted by Gasteiger charge is 2.23. The van der Waals surface area contributed by atoms with Gasteiger partial charge in [-0.15, -0.1) is 0 Å². The molecule has 0 fully saturated rings. The number of amides is 1. The van der Waals surface area contributed by atoms with Gasteiger partial charge in [0.05, 0.1) is 24.3 Å². The number of ether oxygens (including phenoxy) is 2. The highest BCUT2D eigenvalue weighted by molar-refractivity contribution is 7.89. The quantitative estimate of drug-likeness (QED) is 0.556. The Kier molecular flexibility index (Phi) is 8.65. The molecule has 2 aromatic carbocycles. The maximum absolute atomic E-state index is 12.9. The van der Waals surface area contributed by atoms with Crippen molar-refractivity contribution in [2.24, 2.45) is 0 Å². The van der Waals surface area contributed by atoms with E-state index in [2.05, 4.69) is 5.32 Å². The zero-order chi connectivity index (χ0) is 23.0. The van der Waals surface area contributed by atoms with Crippen LogP contribution in [-0.2, 0) is 14.8 Å². The molecule has 0 bridgehead atoms. The van der Waals surface area contributed by atoms with Gasteiger partial charge in [-0.05, 0) is 50.3 Å². The van der Waals surface area contributed by atoms with Crippen LogP contribution in [0.4, 0.5) is 5.69 Å². The van der Waals surface area contributed by atoms with E-state index in [1.807, 2.05) is 32.0 Å². The maximum atomic E-state index is 12.9. The molecular weight excluding hydrogens is 416 g/mol. The number of benzene rings is 2. The minimum Gasteiger partial charge on any atom is -0.496 e. The first-order valence-corrected chi connectivity index (χ1v) is 11.6. The first kappa shape index (κ1) is 24.4. The Morgan fingerprint density at radius 1 is 1.06 bits per heavy atom. The molecule has 0 atom stereocenters. The number of anilines is 1. The Balaban J connectivity index is 2.34. The monoisotopic (exact) mass is 446 g/mol. The number of methoxy groups -OCH3 is 1. The van der Waals surface area contributed by atoms with Crippen LogP contribution in [-0.4, -0.2) is 45.4 Å². The molecule has 0 radical (unpaired) electrons. The molecule has 2 aromatic rings. The molecule has 2 rings (SSSR count). The largest absolute Gasteiger partial charge is 0.496 e. The van der Waals surface area contributed by atoms with E-state index in [4.69, 9.17) is 9.47 Å². The molecule has 0 aliphatic heterocycles. The minimum absolute atomic E-state index is 0.0966. The molecule has 7 nitrogen and oxygen atoms in total. The zero-order valence-electron chi connectivity index (χ0n) is 18.6. The van der Waals surface area contributed by atoms with Crippen LogP contribution < -0.4 is 14.8 Å².